The summed E-state index contributed by atoms with van der Waals surface area (Å²) in [5, 5.41) is 12.3. The van der Waals surface area contributed by atoms with E-state index in [0.717, 1.165) is 11.3 Å². The molecule has 0 aliphatic rings. The van der Waals surface area contributed by atoms with E-state index in [9.17, 15) is 9.90 Å². The van der Waals surface area contributed by atoms with Crippen LogP contribution >= 0.6 is 0 Å². The minimum atomic E-state index is -0.369. The van der Waals surface area contributed by atoms with Gasteiger partial charge >= 0.3 is 0 Å². The molecule has 1 aromatic carbocycles. The Kier molecular flexibility index (Phi) is 7.12. The maximum absolute atomic E-state index is 11.8. The van der Waals surface area contributed by atoms with Crippen LogP contribution in [0, 0.1) is 5.41 Å². The van der Waals surface area contributed by atoms with E-state index in [1.54, 1.807) is 13.0 Å². The van der Waals surface area contributed by atoms with Gasteiger partial charge in [-0.2, -0.15) is 0 Å². The SMILES string of the molecule is CCOc1ccc(C=CC(=O)NCC(C)(C)CC(C)O)cc1. The largest absolute Gasteiger partial charge is 0.494 e. The lowest BCUT2D eigenvalue weighted by molar-refractivity contribution is -0.117. The second-order valence-corrected chi connectivity index (χ2v) is 6.27. The van der Waals surface area contributed by atoms with Crippen LogP contribution in [-0.4, -0.2) is 30.3 Å². The molecule has 4 heteroatoms. The second-order valence-electron chi connectivity index (χ2n) is 6.27. The topological polar surface area (TPSA) is 58.6 Å². The first-order valence-corrected chi connectivity index (χ1v) is 7.69. The highest BCUT2D eigenvalue weighted by molar-refractivity contribution is 5.91. The summed E-state index contributed by atoms with van der Waals surface area (Å²) in [4.78, 5) is 11.8. The average molecular weight is 305 g/mol. The smallest absolute Gasteiger partial charge is 0.244 e. The van der Waals surface area contributed by atoms with Gasteiger partial charge in [-0.05, 0) is 49.5 Å². The Morgan fingerprint density at radius 1 is 1.36 bits per heavy atom. The van der Waals surface area contributed by atoms with Crippen LogP contribution in [0.2, 0.25) is 0 Å². The summed E-state index contributed by atoms with van der Waals surface area (Å²) in [5.41, 5.74) is 0.818. The number of hydrogen-bond acceptors (Lipinski definition) is 3. The van der Waals surface area contributed by atoms with Gasteiger partial charge in [-0.15, -0.1) is 0 Å². The van der Waals surface area contributed by atoms with Crippen LogP contribution in [-0.2, 0) is 4.79 Å². The molecule has 0 heterocycles. The van der Waals surface area contributed by atoms with Crippen LogP contribution in [0.5, 0.6) is 5.75 Å². The first-order chi connectivity index (χ1) is 10.3. The third kappa shape index (κ3) is 7.27. The van der Waals surface area contributed by atoms with Gasteiger partial charge < -0.3 is 15.2 Å². The Labute approximate surface area is 133 Å². The van der Waals surface area contributed by atoms with E-state index in [1.807, 2.05) is 45.0 Å². The van der Waals surface area contributed by atoms with Gasteiger partial charge in [0.25, 0.3) is 0 Å². The van der Waals surface area contributed by atoms with Crippen LogP contribution in [0.15, 0.2) is 30.3 Å². The predicted octanol–water partition coefficient (Wildman–Crippen LogP) is 3.01. The van der Waals surface area contributed by atoms with Gasteiger partial charge in [0.05, 0.1) is 12.7 Å². The summed E-state index contributed by atoms with van der Waals surface area (Å²) < 4.78 is 5.37. The first kappa shape index (κ1) is 18.2. The minimum absolute atomic E-state index is 0.128. The molecule has 22 heavy (non-hydrogen) atoms. The monoisotopic (exact) mass is 305 g/mol. The summed E-state index contributed by atoms with van der Waals surface area (Å²) in [6.07, 6.45) is 3.57. The molecule has 0 saturated carbocycles. The van der Waals surface area contributed by atoms with Crippen molar-refractivity contribution in [1.29, 1.82) is 0 Å². The lowest BCUT2D eigenvalue weighted by Crippen LogP contribution is -2.34. The quantitative estimate of drug-likeness (QED) is 0.726. The minimum Gasteiger partial charge on any atom is -0.494 e. The highest BCUT2D eigenvalue weighted by Gasteiger charge is 2.20. The van der Waals surface area contributed by atoms with Crippen molar-refractivity contribution in [3.63, 3.8) is 0 Å². The zero-order valence-corrected chi connectivity index (χ0v) is 13.9. The molecule has 1 unspecified atom stereocenters. The van der Waals surface area contributed by atoms with Crippen LogP contribution in [0.1, 0.15) is 39.7 Å². The summed E-state index contributed by atoms with van der Waals surface area (Å²) in [6.45, 7) is 8.92. The van der Waals surface area contributed by atoms with E-state index in [0.29, 0.717) is 19.6 Å². The van der Waals surface area contributed by atoms with Gasteiger partial charge in [-0.3, -0.25) is 4.79 Å². The molecule has 2 N–H and O–H groups in total. The maximum atomic E-state index is 11.8. The fraction of sp³-hybridized carbons (Fsp3) is 0.500. The van der Waals surface area contributed by atoms with E-state index in [1.165, 1.54) is 6.08 Å². The second kappa shape index (κ2) is 8.59. The van der Waals surface area contributed by atoms with Gasteiger partial charge in [0.1, 0.15) is 5.75 Å². The van der Waals surface area contributed by atoms with Gasteiger partial charge in [-0.25, -0.2) is 0 Å². The lowest BCUT2D eigenvalue weighted by Gasteiger charge is -2.26. The molecule has 0 aromatic heterocycles. The molecule has 1 amide bonds. The molecule has 1 atom stereocenters. The summed E-state index contributed by atoms with van der Waals surface area (Å²) in [6, 6.07) is 7.58. The Hall–Kier alpha value is -1.81. The number of amides is 1. The molecule has 0 bridgehead atoms. The summed E-state index contributed by atoms with van der Waals surface area (Å²) in [7, 11) is 0. The molecule has 0 aliphatic carbocycles. The number of hydrogen-bond donors (Lipinski definition) is 2. The molecular weight excluding hydrogens is 278 g/mol. The molecular formula is C18H27NO3. The maximum Gasteiger partial charge on any atom is 0.244 e. The van der Waals surface area contributed by atoms with Crippen molar-refractivity contribution in [3.8, 4) is 5.75 Å². The van der Waals surface area contributed by atoms with Crippen LogP contribution in [0.25, 0.3) is 6.08 Å². The van der Waals surface area contributed by atoms with Crippen LogP contribution in [0.3, 0.4) is 0 Å². The van der Waals surface area contributed by atoms with E-state index in [4.69, 9.17) is 4.74 Å². The Balaban J connectivity index is 2.47. The molecule has 1 rings (SSSR count). The Morgan fingerprint density at radius 2 is 2.00 bits per heavy atom. The molecule has 0 spiro atoms. The van der Waals surface area contributed by atoms with E-state index in [-0.39, 0.29) is 17.4 Å². The number of aliphatic hydroxyl groups is 1. The van der Waals surface area contributed by atoms with Crippen molar-refractivity contribution < 1.29 is 14.6 Å². The number of benzene rings is 1. The third-order valence-corrected chi connectivity index (χ3v) is 3.21. The molecule has 0 saturated heterocycles. The number of carbonyl (C=O) groups excluding carboxylic acids is 1. The standard InChI is InChI=1S/C18H27NO3/c1-5-22-16-9-6-15(7-10-16)8-11-17(21)19-13-18(3,4)12-14(2)20/h6-11,14,20H,5,12-13H2,1-4H3,(H,19,21). The fourth-order valence-electron chi connectivity index (χ4n) is 2.27. The van der Waals surface area contributed by atoms with Gasteiger partial charge in [-0.1, -0.05) is 26.0 Å². The molecule has 0 aliphatic heterocycles. The van der Waals surface area contributed by atoms with E-state index in [2.05, 4.69) is 5.32 Å². The molecule has 122 valence electrons. The highest BCUT2D eigenvalue weighted by atomic mass is 16.5. The molecule has 1 aromatic rings. The summed E-state index contributed by atoms with van der Waals surface area (Å²) >= 11 is 0. The number of aliphatic hydroxyl groups excluding tert-OH is 1. The normalized spacial score (nSPS) is 13.1. The van der Waals surface area contributed by atoms with Crippen molar-refractivity contribution in [1.82, 2.24) is 5.32 Å². The van der Waals surface area contributed by atoms with Crippen molar-refractivity contribution in [3.05, 3.63) is 35.9 Å². The fourth-order valence-corrected chi connectivity index (χ4v) is 2.27. The van der Waals surface area contributed by atoms with Crippen molar-refractivity contribution in [2.75, 3.05) is 13.2 Å². The summed E-state index contributed by atoms with van der Waals surface area (Å²) in [5.74, 6) is 0.691. The van der Waals surface area contributed by atoms with Gasteiger partial charge in [0, 0.05) is 12.6 Å². The van der Waals surface area contributed by atoms with Crippen molar-refractivity contribution in [2.24, 2.45) is 5.41 Å². The molecule has 0 fully saturated rings. The van der Waals surface area contributed by atoms with E-state index >= 15 is 0 Å². The first-order valence-electron chi connectivity index (χ1n) is 7.69. The number of ether oxygens (including phenoxy) is 1. The Bertz CT molecular complexity index is 490. The van der Waals surface area contributed by atoms with Gasteiger partial charge in [0.15, 0.2) is 0 Å². The number of carbonyl (C=O) groups is 1. The number of nitrogens with one attached hydrogen (secondary N) is 1. The predicted molar refractivity (Wildman–Crippen MR) is 89.7 cm³/mol. The zero-order chi connectivity index (χ0) is 16.6. The average Bonchev–Trinajstić information content (AvgIpc) is 2.43. The lowest BCUT2D eigenvalue weighted by atomic mass is 9.87. The zero-order valence-electron chi connectivity index (χ0n) is 13.9. The third-order valence-electron chi connectivity index (χ3n) is 3.21. The van der Waals surface area contributed by atoms with E-state index < -0.39 is 0 Å². The number of rotatable bonds is 8. The molecule has 0 radical (unpaired) electrons. The Morgan fingerprint density at radius 3 is 2.55 bits per heavy atom. The van der Waals surface area contributed by atoms with Crippen LogP contribution < -0.4 is 10.1 Å². The van der Waals surface area contributed by atoms with Gasteiger partial charge in [0.2, 0.25) is 5.91 Å². The van der Waals surface area contributed by atoms with Crippen molar-refractivity contribution >= 4 is 12.0 Å². The van der Waals surface area contributed by atoms with Crippen molar-refractivity contribution in [2.45, 2.75) is 40.2 Å². The van der Waals surface area contributed by atoms with Crippen LogP contribution in [0.4, 0.5) is 0 Å². The highest BCUT2D eigenvalue weighted by Crippen LogP contribution is 2.21. The molecule has 4 nitrogen and oxygen atoms in total.